The number of hydrogen-bond donors (Lipinski definition) is 4. The Morgan fingerprint density at radius 3 is 2.62 bits per heavy atom. The molecular weight excluding hydrogens is 460 g/mol. The second kappa shape index (κ2) is 8.35. The number of nitrogens with zero attached hydrogens (tertiary/aromatic N) is 2. The third-order valence-electron chi connectivity index (χ3n) is 9.57. The van der Waals surface area contributed by atoms with Gasteiger partial charge in [-0.2, -0.15) is 0 Å². The van der Waals surface area contributed by atoms with E-state index in [-0.39, 0.29) is 42.9 Å². The first-order valence-electron chi connectivity index (χ1n) is 12.0. The lowest BCUT2D eigenvalue weighted by Crippen LogP contribution is -2.69. The third-order valence-corrected chi connectivity index (χ3v) is 10.5. The number of carbonyl (C=O) groups is 1. The van der Waals surface area contributed by atoms with Gasteiger partial charge in [-0.15, -0.1) is 11.6 Å². The van der Waals surface area contributed by atoms with E-state index in [1.807, 2.05) is 32.9 Å². The number of fused-ring (bicyclic) bond motifs is 5. The molecule has 4 N–H and O–H groups in total. The molecule has 9 heteroatoms. The van der Waals surface area contributed by atoms with Crippen LogP contribution in [0.15, 0.2) is 34.1 Å². The topological polar surface area (TPSA) is 132 Å². The minimum Gasteiger partial charge on any atom is -0.459 e. The summed E-state index contributed by atoms with van der Waals surface area (Å²) in [7, 11) is 0. The van der Waals surface area contributed by atoms with Crippen molar-refractivity contribution in [2.45, 2.75) is 76.4 Å². The summed E-state index contributed by atoms with van der Waals surface area (Å²) >= 11 is 7.46. The van der Waals surface area contributed by atoms with Gasteiger partial charge < -0.3 is 25.4 Å². The lowest BCUT2D eigenvalue weighted by atomic mass is 9.45. The maximum absolute atomic E-state index is 12.1. The van der Waals surface area contributed by atoms with Gasteiger partial charge in [0.25, 0.3) is 0 Å². The second-order valence-electron chi connectivity index (χ2n) is 10.9. The van der Waals surface area contributed by atoms with Gasteiger partial charge in [0.2, 0.25) is 0 Å². The molecule has 188 valence electrons. The lowest BCUT2D eigenvalue weighted by Gasteiger charge is -2.64. The monoisotopic (exact) mass is 494 g/mol. The number of aliphatic hydroxyl groups is 2. The summed E-state index contributed by atoms with van der Waals surface area (Å²) < 4.78 is 5.23. The Morgan fingerprint density at radius 1 is 1.29 bits per heavy atom. The largest absolute Gasteiger partial charge is 0.459 e. The predicted molar refractivity (Wildman–Crippen MR) is 127 cm³/mol. The number of rotatable bonds is 4. The third kappa shape index (κ3) is 3.07. The van der Waals surface area contributed by atoms with E-state index in [0.717, 1.165) is 12.0 Å². The van der Waals surface area contributed by atoms with Crippen molar-refractivity contribution in [3.8, 4) is 0 Å². The van der Waals surface area contributed by atoms with Crippen molar-refractivity contribution < 1.29 is 30.2 Å². The molecule has 0 aromatic rings. The molecule has 0 heterocycles. The molecule has 8 nitrogen and oxygen atoms in total. The zero-order valence-electron chi connectivity index (χ0n) is 20.2. The van der Waals surface area contributed by atoms with Crippen LogP contribution in [0.3, 0.4) is 0 Å². The fourth-order valence-electron chi connectivity index (χ4n) is 7.70. The number of ether oxygens (including phenoxy) is 1. The van der Waals surface area contributed by atoms with E-state index in [1.165, 1.54) is 0 Å². The fraction of sp³-hybridized carbons (Fsp3) is 0.720. The average Bonchev–Trinajstić information content (AvgIpc) is 3.01. The van der Waals surface area contributed by atoms with E-state index in [1.54, 1.807) is 13.0 Å². The van der Waals surface area contributed by atoms with Crippen LogP contribution in [0.25, 0.3) is 0 Å². The van der Waals surface area contributed by atoms with Crippen LogP contribution in [-0.2, 0) is 9.53 Å². The van der Waals surface area contributed by atoms with Crippen LogP contribution >= 0.6 is 11.6 Å². The number of oxime groups is 2. The van der Waals surface area contributed by atoms with Crippen molar-refractivity contribution in [2.75, 3.05) is 6.61 Å². The molecular formula is C25H35ClN2O6. The molecule has 4 rings (SSSR count). The van der Waals surface area contributed by atoms with E-state index < -0.39 is 33.4 Å². The van der Waals surface area contributed by atoms with Gasteiger partial charge in [0.15, 0.2) is 0 Å². The molecule has 0 aromatic heterocycles. The number of esters is 1. The van der Waals surface area contributed by atoms with Gasteiger partial charge in [0.05, 0.1) is 11.0 Å². The molecule has 4 aliphatic rings. The molecule has 0 amide bonds. The van der Waals surface area contributed by atoms with E-state index in [9.17, 15) is 25.4 Å². The summed E-state index contributed by atoms with van der Waals surface area (Å²) in [5.41, 5.74) is -1.60. The number of alkyl halides is 1. The summed E-state index contributed by atoms with van der Waals surface area (Å²) in [4.78, 5) is 10.7. The van der Waals surface area contributed by atoms with Crippen LogP contribution in [0.1, 0.15) is 59.8 Å². The molecule has 3 fully saturated rings. The average molecular weight is 495 g/mol. The summed E-state index contributed by atoms with van der Waals surface area (Å²) in [6, 6.07) is 0. The van der Waals surface area contributed by atoms with Gasteiger partial charge in [-0.1, -0.05) is 49.7 Å². The number of carbonyl (C=O) groups excluding carboxylic acids is 1. The van der Waals surface area contributed by atoms with Crippen molar-refractivity contribution in [1.82, 2.24) is 0 Å². The Morgan fingerprint density at radius 2 is 2.00 bits per heavy atom. The zero-order chi connectivity index (χ0) is 25.1. The Hall–Kier alpha value is -1.90. The molecule has 34 heavy (non-hydrogen) atoms. The zero-order valence-corrected chi connectivity index (χ0v) is 20.9. The Balaban J connectivity index is 1.75. The quantitative estimate of drug-likeness (QED) is 0.155. The highest BCUT2D eigenvalue weighted by Crippen LogP contribution is 2.71. The SMILES string of the molecule is CCC(=O)OC/C(=N\O)[C@@]1(O)[C@@H](C)C[C@H]2[C@@H]3CCC4=CC(=NO)C=C[C@]4(C)[C@@]3(Cl)[C@@H](O)C[C@@]21C. The fourth-order valence-corrected chi connectivity index (χ4v) is 8.22. The van der Waals surface area contributed by atoms with Crippen LogP contribution in [0.5, 0.6) is 0 Å². The van der Waals surface area contributed by atoms with Crippen molar-refractivity contribution in [2.24, 2.45) is 38.9 Å². The highest BCUT2D eigenvalue weighted by Gasteiger charge is 2.74. The molecule has 8 atom stereocenters. The Bertz CT molecular complexity index is 994. The lowest BCUT2D eigenvalue weighted by molar-refractivity contribution is -0.145. The van der Waals surface area contributed by atoms with Gasteiger partial charge in [-0.25, -0.2) is 0 Å². The summed E-state index contributed by atoms with van der Waals surface area (Å²) in [5.74, 6) is -0.946. The Kier molecular flexibility index (Phi) is 6.19. The number of allylic oxidation sites excluding steroid dienone is 4. The maximum atomic E-state index is 12.1. The molecule has 0 unspecified atom stereocenters. The molecule has 0 aliphatic heterocycles. The first kappa shape index (κ1) is 25.2. The van der Waals surface area contributed by atoms with Gasteiger partial charge in [-0.05, 0) is 55.6 Å². The summed E-state index contributed by atoms with van der Waals surface area (Å²) in [6.07, 6.45) is 6.94. The highest BCUT2D eigenvalue weighted by molar-refractivity contribution is 6.26. The van der Waals surface area contributed by atoms with Crippen molar-refractivity contribution in [1.29, 1.82) is 0 Å². The first-order chi connectivity index (χ1) is 15.9. The standard InChI is InChI=1S/C25H35ClN2O6/c1-5-21(30)34-13-19(28-33)25(31)14(2)10-18-17-7-6-15-11-16(27-32)8-9-22(15,3)24(17,26)20(29)12-23(18,25)4/h8-9,11,14,17-18,20,29,31-33H,5-7,10,12-13H2,1-4H3/b27-16?,28-19+/t14-,17-,18-,20-,22-,23-,24-,25-/m0/s1. The van der Waals surface area contributed by atoms with Gasteiger partial charge >= 0.3 is 5.97 Å². The van der Waals surface area contributed by atoms with E-state index in [4.69, 9.17) is 16.3 Å². The molecule has 0 aromatic carbocycles. The summed E-state index contributed by atoms with van der Waals surface area (Å²) in [5, 5.41) is 49.6. The summed E-state index contributed by atoms with van der Waals surface area (Å²) in [6.45, 7) is 7.20. The number of hydrogen-bond acceptors (Lipinski definition) is 8. The normalized spacial score (nSPS) is 47.0. The molecule has 0 saturated heterocycles. The minimum absolute atomic E-state index is 0.00467. The minimum atomic E-state index is -1.57. The van der Waals surface area contributed by atoms with Crippen LogP contribution in [0, 0.1) is 28.6 Å². The molecule has 4 aliphatic carbocycles. The van der Waals surface area contributed by atoms with Crippen LogP contribution in [0.4, 0.5) is 0 Å². The van der Waals surface area contributed by atoms with Crippen molar-refractivity contribution in [3.05, 3.63) is 23.8 Å². The van der Waals surface area contributed by atoms with Gasteiger partial charge in [0.1, 0.15) is 23.6 Å². The van der Waals surface area contributed by atoms with Crippen molar-refractivity contribution >= 4 is 29.0 Å². The highest BCUT2D eigenvalue weighted by atomic mass is 35.5. The molecule has 0 bridgehead atoms. The van der Waals surface area contributed by atoms with Gasteiger partial charge in [-0.3, -0.25) is 4.79 Å². The number of halogens is 1. The first-order valence-corrected chi connectivity index (χ1v) is 12.4. The predicted octanol–water partition coefficient (Wildman–Crippen LogP) is 3.65. The molecule has 3 saturated carbocycles. The second-order valence-corrected chi connectivity index (χ2v) is 11.5. The Labute approximate surface area is 205 Å². The van der Waals surface area contributed by atoms with E-state index in [2.05, 4.69) is 10.3 Å². The number of aliphatic hydroxyl groups excluding tert-OH is 1. The van der Waals surface area contributed by atoms with Crippen LogP contribution in [-0.4, -0.2) is 61.2 Å². The van der Waals surface area contributed by atoms with Crippen LogP contribution in [0.2, 0.25) is 0 Å². The van der Waals surface area contributed by atoms with E-state index in [0.29, 0.717) is 18.6 Å². The molecule has 0 spiro atoms. The van der Waals surface area contributed by atoms with Crippen molar-refractivity contribution in [3.63, 3.8) is 0 Å². The van der Waals surface area contributed by atoms with Gasteiger partial charge in [0, 0.05) is 17.3 Å². The smallest absolute Gasteiger partial charge is 0.305 e. The molecule has 0 radical (unpaired) electrons. The maximum Gasteiger partial charge on any atom is 0.305 e. The van der Waals surface area contributed by atoms with E-state index >= 15 is 0 Å². The van der Waals surface area contributed by atoms with Crippen LogP contribution < -0.4 is 0 Å².